The van der Waals surface area contributed by atoms with Crippen molar-refractivity contribution in [3.63, 3.8) is 0 Å². The van der Waals surface area contributed by atoms with E-state index in [1.54, 1.807) is 0 Å². The van der Waals surface area contributed by atoms with Crippen molar-refractivity contribution in [1.29, 1.82) is 0 Å². The first-order valence-corrected chi connectivity index (χ1v) is 12.6. The van der Waals surface area contributed by atoms with Crippen molar-refractivity contribution < 1.29 is 19.7 Å². The van der Waals surface area contributed by atoms with E-state index in [4.69, 9.17) is 15.7 Å². The third kappa shape index (κ3) is 20.1. The van der Waals surface area contributed by atoms with E-state index >= 15 is 0 Å². The minimum atomic E-state index is -0.329. The molecule has 8 heteroatoms. The SMILES string of the molecule is CCCCCCCCCCCCCCCCOC(=O)CCN(CCCCN)/[N+]([O-])=N/O. The van der Waals surface area contributed by atoms with Crippen LogP contribution in [0, 0.1) is 5.21 Å². The lowest BCUT2D eigenvalue weighted by atomic mass is 10.0. The van der Waals surface area contributed by atoms with E-state index in [2.05, 4.69) is 12.2 Å². The van der Waals surface area contributed by atoms with Crippen LogP contribution in [0.1, 0.15) is 116 Å². The summed E-state index contributed by atoms with van der Waals surface area (Å²) in [4.78, 5) is 11.9. The maximum absolute atomic E-state index is 11.8. The van der Waals surface area contributed by atoms with Gasteiger partial charge in [-0.1, -0.05) is 90.4 Å². The molecule has 0 saturated heterocycles. The lowest BCUT2D eigenvalue weighted by molar-refractivity contribution is -0.709. The summed E-state index contributed by atoms with van der Waals surface area (Å²) < 4.78 is 5.24. The third-order valence-electron chi connectivity index (χ3n) is 5.52. The highest BCUT2D eigenvalue weighted by Gasteiger charge is 2.15. The number of ether oxygens (including phenoxy) is 1. The summed E-state index contributed by atoms with van der Waals surface area (Å²) in [5.74, 6) is -0.329. The van der Waals surface area contributed by atoms with Gasteiger partial charge in [0.25, 0.3) is 0 Å². The van der Waals surface area contributed by atoms with Crippen LogP contribution >= 0.6 is 0 Å². The molecule has 0 saturated carbocycles. The van der Waals surface area contributed by atoms with Crippen LogP contribution in [0.25, 0.3) is 0 Å². The number of unbranched alkanes of at least 4 members (excludes halogenated alkanes) is 14. The lowest BCUT2D eigenvalue weighted by Crippen LogP contribution is -2.34. The summed E-state index contributed by atoms with van der Waals surface area (Å²) in [5, 5.41) is 24.0. The predicted molar refractivity (Wildman–Crippen MR) is 124 cm³/mol. The molecule has 0 atom stereocenters. The number of nitrogens with two attached hydrogens (primary N) is 1. The number of hydrogen-bond acceptors (Lipinski definition) is 5. The van der Waals surface area contributed by atoms with E-state index in [9.17, 15) is 10.0 Å². The van der Waals surface area contributed by atoms with Gasteiger partial charge in [0.1, 0.15) is 0 Å². The average molecular weight is 445 g/mol. The minimum Gasteiger partial charge on any atom is -0.569 e. The molecule has 0 bridgehead atoms. The lowest BCUT2D eigenvalue weighted by Gasteiger charge is -2.17. The number of carbonyl (C=O) groups is 1. The number of nitrogens with zero attached hydrogens (tertiary/aromatic N) is 3. The van der Waals surface area contributed by atoms with Crippen LogP contribution < -0.4 is 5.73 Å². The van der Waals surface area contributed by atoms with Gasteiger partial charge in [0.2, 0.25) is 5.28 Å². The average Bonchev–Trinajstić information content (AvgIpc) is 2.78. The summed E-state index contributed by atoms with van der Waals surface area (Å²) in [7, 11) is 0. The summed E-state index contributed by atoms with van der Waals surface area (Å²) >= 11 is 0. The van der Waals surface area contributed by atoms with Crippen molar-refractivity contribution in [2.24, 2.45) is 11.0 Å². The van der Waals surface area contributed by atoms with E-state index in [0.717, 1.165) is 19.3 Å². The van der Waals surface area contributed by atoms with Crippen LogP contribution in [0.2, 0.25) is 0 Å². The van der Waals surface area contributed by atoms with E-state index in [0.29, 0.717) is 26.1 Å². The second kappa shape index (κ2) is 23.1. The Morgan fingerprint density at radius 2 is 1.39 bits per heavy atom. The van der Waals surface area contributed by atoms with Gasteiger partial charge in [-0.15, -0.1) is 5.01 Å². The quantitative estimate of drug-likeness (QED) is 0.0686. The first-order valence-electron chi connectivity index (χ1n) is 12.6. The second-order valence-electron chi connectivity index (χ2n) is 8.36. The van der Waals surface area contributed by atoms with Gasteiger partial charge in [-0.05, 0) is 25.8 Å². The van der Waals surface area contributed by atoms with Crippen molar-refractivity contribution >= 4 is 5.97 Å². The Morgan fingerprint density at radius 1 is 0.871 bits per heavy atom. The molecule has 0 aliphatic heterocycles. The van der Waals surface area contributed by atoms with Crippen molar-refractivity contribution in [2.45, 2.75) is 116 Å². The molecule has 0 radical (unpaired) electrons. The van der Waals surface area contributed by atoms with E-state index < -0.39 is 0 Å². The zero-order chi connectivity index (χ0) is 23.0. The number of carbonyl (C=O) groups excluding carboxylic acids is 1. The first kappa shape index (κ1) is 29.4. The fraction of sp³-hybridized carbons (Fsp3) is 0.957. The van der Waals surface area contributed by atoms with Crippen molar-refractivity contribution in [1.82, 2.24) is 5.01 Å². The van der Waals surface area contributed by atoms with Crippen LogP contribution in [0.15, 0.2) is 5.28 Å². The molecule has 0 rings (SSSR count). The molecule has 8 nitrogen and oxygen atoms in total. The third-order valence-corrected chi connectivity index (χ3v) is 5.52. The molecule has 0 amide bonds. The topological polar surface area (TPSA) is 114 Å². The molecule has 0 aromatic rings. The summed E-state index contributed by atoms with van der Waals surface area (Å²) in [5.41, 5.74) is 5.44. The van der Waals surface area contributed by atoms with Gasteiger partial charge in [0.05, 0.1) is 31.1 Å². The number of rotatable bonds is 23. The van der Waals surface area contributed by atoms with Gasteiger partial charge in [-0.2, -0.15) is 0 Å². The van der Waals surface area contributed by atoms with E-state index in [-0.39, 0.29) is 23.9 Å². The molecule has 0 aliphatic rings. The molecule has 0 unspecified atom stereocenters. The highest BCUT2D eigenvalue weighted by atomic mass is 16.6. The summed E-state index contributed by atoms with van der Waals surface area (Å²) in [6, 6.07) is 0. The van der Waals surface area contributed by atoms with Crippen LogP contribution in [-0.4, -0.2) is 47.4 Å². The molecule has 3 N–H and O–H groups in total. The Balaban J connectivity index is 3.50. The molecule has 0 aromatic carbocycles. The normalized spacial score (nSPS) is 11.6. The van der Waals surface area contributed by atoms with Crippen molar-refractivity contribution in [2.75, 3.05) is 26.2 Å². The molecule has 0 aliphatic carbocycles. The van der Waals surface area contributed by atoms with Gasteiger partial charge in [-0.25, -0.2) is 0 Å². The number of esters is 1. The molecule has 0 spiro atoms. The fourth-order valence-electron chi connectivity index (χ4n) is 3.55. The Labute approximate surface area is 189 Å². The molecular weight excluding hydrogens is 396 g/mol. The molecule has 0 heterocycles. The van der Waals surface area contributed by atoms with Crippen molar-refractivity contribution in [3.8, 4) is 0 Å². The molecule has 0 aromatic heterocycles. The maximum atomic E-state index is 11.8. The zero-order valence-corrected chi connectivity index (χ0v) is 19.9. The highest BCUT2D eigenvalue weighted by Crippen LogP contribution is 2.13. The fourth-order valence-corrected chi connectivity index (χ4v) is 3.55. The van der Waals surface area contributed by atoms with Crippen molar-refractivity contribution in [3.05, 3.63) is 5.21 Å². The first-order chi connectivity index (χ1) is 15.2. The molecular formula is C23H48N4O4. The smallest absolute Gasteiger partial charge is 0.307 e. The Hall–Kier alpha value is -1.57. The van der Waals surface area contributed by atoms with E-state index in [1.807, 2.05) is 0 Å². The molecule has 184 valence electrons. The second-order valence-corrected chi connectivity index (χ2v) is 8.36. The Bertz CT molecular complexity index is 436. The summed E-state index contributed by atoms with van der Waals surface area (Å²) in [6.07, 6.45) is 19.6. The predicted octanol–water partition coefficient (Wildman–Crippen LogP) is 5.71. The maximum Gasteiger partial charge on any atom is 0.307 e. The zero-order valence-electron chi connectivity index (χ0n) is 19.9. The standard InChI is InChI=1S/C23H48N4O4/c1-2-3-4-5-6-7-8-9-10-11-12-13-14-17-22-31-23(28)18-21-26(27(30)25-29)20-16-15-19-24/h29H,2-22,24H2,1H3/b27-25-. The molecule has 0 fully saturated rings. The summed E-state index contributed by atoms with van der Waals surface area (Å²) in [6.45, 7) is 3.77. The van der Waals surface area contributed by atoms with Gasteiger partial charge >= 0.3 is 5.97 Å². The van der Waals surface area contributed by atoms with Gasteiger partial charge in [0, 0.05) is 0 Å². The Morgan fingerprint density at radius 3 is 1.87 bits per heavy atom. The minimum absolute atomic E-state index is 0.0927. The number of hydrazine groups is 1. The van der Waals surface area contributed by atoms with Gasteiger partial charge in [-0.3, -0.25) is 4.79 Å². The van der Waals surface area contributed by atoms with Crippen LogP contribution in [0.3, 0.4) is 0 Å². The largest absolute Gasteiger partial charge is 0.569 e. The van der Waals surface area contributed by atoms with Crippen LogP contribution in [0.5, 0.6) is 0 Å². The van der Waals surface area contributed by atoms with Gasteiger partial charge in [0.15, 0.2) is 0 Å². The van der Waals surface area contributed by atoms with E-state index in [1.165, 1.54) is 82.1 Å². The monoisotopic (exact) mass is 444 g/mol. The van der Waals surface area contributed by atoms with Crippen LogP contribution in [0.4, 0.5) is 0 Å². The number of hydrogen-bond donors (Lipinski definition) is 2. The highest BCUT2D eigenvalue weighted by molar-refractivity contribution is 5.69. The van der Waals surface area contributed by atoms with Gasteiger partial charge < -0.3 is 20.9 Å². The molecule has 31 heavy (non-hydrogen) atoms. The Kier molecular flexibility index (Phi) is 21.9. The van der Waals surface area contributed by atoms with Crippen LogP contribution in [-0.2, 0) is 9.53 Å².